The van der Waals surface area contributed by atoms with E-state index in [1.54, 1.807) is 25.2 Å². The van der Waals surface area contributed by atoms with Crippen molar-refractivity contribution < 1.29 is 4.79 Å². The van der Waals surface area contributed by atoms with E-state index in [9.17, 15) is 4.79 Å². The van der Waals surface area contributed by atoms with Crippen molar-refractivity contribution in [3.05, 3.63) is 65.5 Å². The molecule has 0 saturated carbocycles. The number of aliphatic imine (C=N–C) groups is 1. The number of aromatic nitrogens is 1. The molecule has 1 heterocycles. The van der Waals surface area contributed by atoms with Gasteiger partial charge in [0.15, 0.2) is 5.96 Å². The van der Waals surface area contributed by atoms with E-state index in [1.807, 2.05) is 49.4 Å². The summed E-state index contributed by atoms with van der Waals surface area (Å²) in [4.78, 5) is 22.5. The lowest BCUT2D eigenvalue weighted by molar-refractivity contribution is 0.0827. The molecule has 0 atom stereocenters. The minimum Gasteiger partial charge on any atom is -0.357 e. The maximum absolute atomic E-state index is 12.1. The Balaban J connectivity index is 0.00000364. The number of nitrogens with zero attached hydrogens (tertiary/aromatic N) is 3. The van der Waals surface area contributed by atoms with E-state index < -0.39 is 0 Å². The lowest BCUT2D eigenvalue weighted by Crippen LogP contribution is -2.38. The highest BCUT2D eigenvalue weighted by molar-refractivity contribution is 14.0. The highest BCUT2D eigenvalue weighted by atomic mass is 127. The van der Waals surface area contributed by atoms with Gasteiger partial charge in [0.05, 0.1) is 12.2 Å². The molecule has 0 bridgehead atoms. The van der Waals surface area contributed by atoms with E-state index in [0.717, 1.165) is 36.7 Å². The molecule has 0 aliphatic heterocycles. The maximum Gasteiger partial charge on any atom is 0.253 e. The number of halogens is 1. The molecular weight excluding hydrogens is 453 g/mol. The Morgan fingerprint density at radius 1 is 1.15 bits per heavy atom. The van der Waals surface area contributed by atoms with Crippen molar-refractivity contribution in [2.45, 2.75) is 19.9 Å². The largest absolute Gasteiger partial charge is 0.357 e. The van der Waals surface area contributed by atoms with Crippen LogP contribution in [-0.4, -0.2) is 48.9 Å². The first kappa shape index (κ1) is 22.9. The monoisotopic (exact) mass is 481 g/mol. The molecular formula is C20H28IN5O. The first-order valence-corrected chi connectivity index (χ1v) is 8.83. The normalized spacial score (nSPS) is 10.7. The van der Waals surface area contributed by atoms with Gasteiger partial charge in [-0.25, -0.2) is 4.99 Å². The Labute approximate surface area is 178 Å². The summed E-state index contributed by atoms with van der Waals surface area (Å²) in [6.45, 7) is 4.09. The van der Waals surface area contributed by atoms with Gasteiger partial charge in [-0.05, 0) is 43.2 Å². The Hall–Kier alpha value is -2.16. The predicted octanol–water partition coefficient (Wildman–Crippen LogP) is 2.70. The van der Waals surface area contributed by atoms with Gasteiger partial charge in [0, 0.05) is 38.9 Å². The Morgan fingerprint density at radius 2 is 1.96 bits per heavy atom. The topological polar surface area (TPSA) is 69.6 Å². The highest BCUT2D eigenvalue weighted by Crippen LogP contribution is 2.07. The van der Waals surface area contributed by atoms with Gasteiger partial charge >= 0.3 is 0 Å². The van der Waals surface area contributed by atoms with Gasteiger partial charge in [-0.3, -0.25) is 9.78 Å². The number of hydrogen-bond acceptors (Lipinski definition) is 3. The van der Waals surface area contributed by atoms with Crippen LogP contribution in [0.3, 0.4) is 0 Å². The number of pyridine rings is 1. The van der Waals surface area contributed by atoms with Gasteiger partial charge in [-0.1, -0.05) is 18.2 Å². The molecule has 1 aromatic carbocycles. The third-order valence-corrected chi connectivity index (χ3v) is 3.76. The molecule has 6 nitrogen and oxygen atoms in total. The van der Waals surface area contributed by atoms with Gasteiger partial charge in [0.1, 0.15) is 0 Å². The van der Waals surface area contributed by atoms with Crippen LogP contribution in [0.1, 0.15) is 28.5 Å². The zero-order chi connectivity index (χ0) is 18.8. The Bertz CT molecular complexity index is 734. The molecule has 0 saturated heterocycles. The third kappa shape index (κ3) is 7.94. The molecule has 0 radical (unpaired) electrons. The van der Waals surface area contributed by atoms with Crippen LogP contribution in [0.2, 0.25) is 0 Å². The second-order valence-electron chi connectivity index (χ2n) is 6.09. The van der Waals surface area contributed by atoms with Gasteiger partial charge in [-0.2, -0.15) is 0 Å². The smallest absolute Gasteiger partial charge is 0.253 e. The van der Waals surface area contributed by atoms with Crippen molar-refractivity contribution in [1.82, 2.24) is 20.5 Å². The SMILES string of the molecule is CCNC(=NCc1ccccn1)NCCc1cccc(C(=O)N(C)C)c1.I. The summed E-state index contributed by atoms with van der Waals surface area (Å²) < 4.78 is 0. The summed E-state index contributed by atoms with van der Waals surface area (Å²) in [5, 5.41) is 6.56. The molecule has 1 amide bonds. The number of benzene rings is 1. The van der Waals surface area contributed by atoms with E-state index in [-0.39, 0.29) is 29.9 Å². The van der Waals surface area contributed by atoms with Crippen LogP contribution in [0.25, 0.3) is 0 Å². The van der Waals surface area contributed by atoms with Crippen LogP contribution in [-0.2, 0) is 13.0 Å². The summed E-state index contributed by atoms with van der Waals surface area (Å²) in [5.74, 6) is 0.781. The standard InChI is InChI=1S/C20H27N5O.HI/c1-4-21-20(24-15-18-10-5-6-12-22-18)23-13-11-16-8-7-9-17(14-16)19(26)25(2)3;/h5-10,12,14H,4,11,13,15H2,1-3H3,(H2,21,23,24);1H. The van der Waals surface area contributed by atoms with E-state index in [4.69, 9.17) is 0 Å². The maximum atomic E-state index is 12.1. The van der Waals surface area contributed by atoms with Gasteiger partial charge < -0.3 is 15.5 Å². The number of hydrogen-bond donors (Lipinski definition) is 2. The second kappa shape index (κ2) is 12.3. The Kier molecular flexibility index (Phi) is 10.4. The van der Waals surface area contributed by atoms with Crippen LogP contribution < -0.4 is 10.6 Å². The molecule has 0 aliphatic carbocycles. The molecule has 2 aromatic rings. The fourth-order valence-electron chi connectivity index (χ4n) is 2.44. The van der Waals surface area contributed by atoms with Crippen molar-refractivity contribution in [2.75, 3.05) is 27.2 Å². The van der Waals surface area contributed by atoms with E-state index in [0.29, 0.717) is 12.1 Å². The fourth-order valence-corrected chi connectivity index (χ4v) is 2.44. The minimum absolute atomic E-state index is 0. The van der Waals surface area contributed by atoms with E-state index in [2.05, 4.69) is 20.6 Å². The van der Waals surface area contributed by atoms with Crippen molar-refractivity contribution in [1.29, 1.82) is 0 Å². The third-order valence-electron chi connectivity index (χ3n) is 3.76. The number of amides is 1. The second-order valence-corrected chi connectivity index (χ2v) is 6.09. The molecule has 2 rings (SSSR count). The number of carbonyl (C=O) groups excluding carboxylic acids is 1. The van der Waals surface area contributed by atoms with Crippen molar-refractivity contribution in [2.24, 2.45) is 4.99 Å². The number of carbonyl (C=O) groups is 1. The van der Waals surface area contributed by atoms with Crippen LogP contribution in [0.4, 0.5) is 0 Å². The van der Waals surface area contributed by atoms with Gasteiger partial charge in [0.2, 0.25) is 0 Å². The predicted molar refractivity (Wildman–Crippen MR) is 121 cm³/mol. The van der Waals surface area contributed by atoms with Crippen LogP contribution in [0.15, 0.2) is 53.7 Å². The molecule has 27 heavy (non-hydrogen) atoms. The molecule has 2 N–H and O–H groups in total. The summed E-state index contributed by atoms with van der Waals surface area (Å²) in [5.41, 5.74) is 2.76. The van der Waals surface area contributed by atoms with Crippen molar-refractivity contribution in [3.63, 3.8) is 0 Å². The zero-order valence-electron chi connectivity index (χ0n) is 16.1. The molecule has 7 heteroatoms. The molecule has 0 unspecified atom stereocenters. The average molecular weight is 481 g/mol. The summed E-state index contributed by atoms with van der Waals surface area (Å²) in [7, 11) is 3.52. The molecule has 1 aromatic heterocycles. The van der Waals surface area contributed by atoms with Crippen LogP contribution in [0.5, 0.6) is 0 Å². The molecule has 0 aliphatic rings. The first-order valence-electron chi connectivity index (χ1n) is 8.83. The summed E-state index contributed by atoms with van der Waals surface area (Å²) in [6.07, 6.45) is 2.58. The summed E-state index contributed by atoms with van der Waals surface area (Å²) >= 11 is 0. The summed E-state index contributed by atoms with van der Waals surface area (Å²) in [6, 6.07) is 13.6. The molecule has 0 spiro atoms. The van der Waals surface area contributed by atoms with Crippen molar-refractivity contribution in [3.8, 4) is 0 Å². The first-order chi connectivity index (χ1) is 12.6. The molecule has 146 valence electrons. The molecule has 0 fully saturated rings. The Morgan fingerprint density at radius 3 is 2.63 bits per heavy atom. The van der Waals surface area contributed by atoms with Crippen molar-refractivity contribution >= 4 is 35.8 Å². The quantitative estimate of drug-likeness (QED) is 0.363. The number of guanidine groups is 1. The van der Waals surface area contributed by atoms with Crippen LogP contribution >= 0.6 is 24.0 Å². The fraction of sp³-hybridized carbons (Fsp3) is 0.350. The van der Waals surface area contributed by atoms with Crippen LogP contribution in [0, 0.1) is 0 Å². The number of nitrogens with one attached hydrogen (secondary N) is 2. The average Bonchev–Trinajstić information content (AvgIpc) is 2.66. The zero-order valence-corrected chi connectivity index (χ0v) is 18.4. The van der Waals surface area contributed by atoms with E-state index in [1.165, 1.54) is 0 Å². The highest BCUT2D eigenvalue weighted by Gasteiger charge is 2.08. The van der Waals surface area contributed by atoms with Gasteiger partial charge in [0.25, 0.3) is 5.91 Å². The van der Waals surface area contributed by atoms with E-state index >= 15 is 0 Å². The lowest BCUT2D eigenvalue weighted by atomic mass is 10.1. The lowest BCUT2D eigenvalue weighted by Gasteiger charge is -2.13. The van der Waals surface area contributed by atoms with Gasteiger partial charge in [-0.15, -0.1) is 24.0 Å². The minimum atomic E-state index is 0. The number of rotatable bonds is 7.